The van der Waals surface area contributed by atoms with Gasteiger partial charge in [-0.3, -0.25) is 4.79 Å². The van der Waals surface area contributed by atoms with Gasteiger partial charge in [0, 0.05) is 54.2 Å². The standard InChI is InChI=1S/C23H26ClFN2O5S2/c1-17(10-15-33(2,29)30)26-22(28)23(25)11-13-27(14-12-23)34(31,32)21-9-8-19(24)16-20(21)18-6-4-3-5-7-18/h3-10,15-17H,11-14H2,1-2H3,(H,26,28)/b15-10-/t17-/m1/s1. The molecule has 1 amide bonds. The highest BCUT2D eigenvalue weighted by Crippen LogP contribution is 2.35. The maximum atomic E-state index is 15.4. The summed E-state index contributed by atoms with van der Waals surface area (Å²) in [6.07, 6.45) is 1.61. The van der Waals surface area contributed by atoms with Crippen LogP contribution >= 0.6 is 11.6 Å². The predicted molar refractivity (Wildman–Crippen MR) is 130 cm³/mol. The van der Waals surface area contributed by atoms with Gasteiger partial charge in [0.25, 0.3) is 5.91 Å². The maximum absolute atomic E-state index is 15.4. The normalized spacial score (nSPS) is 18.0. The number of sulfone groups is 1. The van der Waals surface area contributed by atoms with Gasteiger partial charge in [-0.15, -0.1) is 0 Å². The zero-order chi connectivity index (χ0) is 25.1. The molecule has 1 atom stereocenters. The Labute approximate surface area is 204 Å². The van der Waals surface area contributed by atoms with Crippen molar-refractivity contribution in [2.24, 2.45) is 0 Å². The molecule has 1 heterocycles. The van der Waals surface area contributed by atoms with Crippen LogP contribution in [0.4, 0.5) is 4.39 Å². The Morgan fingerprint density at radius 2 is 1.74 bits per heavy atom. The monoisotopic (exact) mass is 528 g/mol. The number of benzene rings is 2. The lowest BCUT2D eigenvalue weighted by molar-refractivity contribution is -0.135. The lowest BCUT2D eigenvalue weighted by Gasteiger charge is -2.35. The Kier molecular flexibility index (Phi) is 7.86. The summed E-state index contributed by atoms with van der Waals surface area (Å²) in [5.41, 5.74) is -1.15. The van der Waals surface area contributed by atoms with Crippen molar-refractivity contribution in [1.82, 2.24) is 9.62 Å². The van der Waals surface area contributed by atoms with Crippen LogP contribution in [-0.4, -0.2) is 58.1 Å². The molecule has 184 valence electrons. The topological polar surface area (TPSA) is 101 Å². The summed E-state index contributed by atoms with van der Waals surface area (Å²) in [7, 11) is -7.36. The SMILES string of the molecule is C[C@H](/C=C\S(C)(=O)=O)NC(=O)C1(F)CCN(S(=O)(=O)c2ccc(Cl)cc2-c2ccccc2)CC1. The minimum atomic E-state index is -3.98. The van der Waals surface area contributed by atoms with Gasteiger partial charge >= 0.3 is 0 Å². The number of nitrogens with one attached hydrogen (secondary N) is 1. The summed E-state index contributed by atoms with van der Waals surface area (Å²) in [6.45, 7) is 1.15. The van der Waals surface area contributed by atoms with Gasteiger partial charge in [0.15, 0.2) is 15.5 Å². The van der Waals surface area contributed by atoms with Gasteiger partial charge in [0.05, 0.1) is 4.90 Å². The summed E-state index contributed by atoms with van der Waals surface area (Å²) in [5.74, 6) is -0.897. The molecule has 1 fully saturated rings. The van der Waals surface area contributed by atoms with Crippen LogP contribution in [0.5, 0.6) is 0 Å². The van der Waals surface area contributed by atoms with Gasteiger partial charge in [0.2, 0.25) is 10.0 Å². The van der Waals surface area contributed by atoms with Crippen LogP contribution in [0, 0.1) is 0 Å². The number of sulfonamides is 1. The molecule has 1 aliphatic heterocycles. The molecule has 7 nitrogen and oxygen atoms in total. The second kappa shape index (κ2) is 10.2. The fraction of sp³-hybridized carbons (Fsp3) is 0.348. The van der Waals surface area contributed by atoms with E-state index in [2.05, 4.69) is 5.32 Å². The van der Waals surface area contributed by atoms with E-state index in [1.807, 2.05) is 6.07 Å². The lowest BCUT2D eigenvalue weighted by atomic mass is 9.93. The van der Waals surface area contributed by atoms with Crippen LogP contribution in [0.1, 0.15) is 19.8 Å². The molecular weight excluding hydrogens is 503 g/mol. The van der Waals surface area contributed by atoms with Crippen molar-refractivity contribution in [2.45, 2.75) is 36.4 Å². The molecule has 2 aromatic rings. The predicted octanol–water partition coefficient (Wildman–Crippen LogP) is 3.56. The summed E-state index contributed by atoms with van der Waals surface area (Å²) in [4.78, 5) is 12.6. The van der Waals surface area contributed by atoms with Crippen molar-refractivity contribution in [3.63, 3.8) is 0 Å². The Morgan fingerprint density at radius 3 is 2.32 bits per heavy atom. The number of carbonyl (C=O) groups is 1. The van der Waals surface area contributed by atoms with Crippen LogP contribution in [0.3, 0.4) is 0 Å². The number of rotatable bonds is 7. The first-order chi connectivity index (χ1) is 15.8. The van der Waals surface area contributed by atoms with Crippen LogP contribution in [0.15, 0.2) is 64.9 Å². The average Bonchev–Trinajstić information content (AvgIpc) is 2.78. The fourth-order valence-corrected chi connectivity index (χ4v) is 5.99. The summed E-state index contributed by atoms with van der Waals surface area (Å²) >= 11 is 6.12. The third kappa shape index (κ3) is 6.24. The number of nitrogens with zero attached hydrogens (tertiary/aromatic N) is 1. The van der Waals surface area contributed by atoms with E-state index in [1.165, 1.54) is 29.4 Å². The van der Waals surface area contributed by atoms with Gasteiger partial charge in [-0.1, -0.05) is 48.0 Å². The van der Waals surface area contributed by atoms with Gasteiger partial charge in [-0.05, 0) is 30.7 Å². The zero-order valence-electron chi connectivity index (χ0n) is 18.7. The summed E-state index contributed by atoms with van der Waals surface area (Å²) < 4.78 is 65.8. The van der Waals surface area contributed by atoms with Gasteiger partial charge in [0.1, 0.15) is 0 Å². The maximum Gasteiger partial charge on any atom is 0.258 e. The third-order valence-electron chi connectivity index (χ3n) is 5.54. The molecule has 34 heavy (non-hydrogen) atoms. The quantitative estimate of drug-likeness (QED) is 0.592. The van der Waals surface area contributed by atoms with Crippen LogP contribution < -0.4 is 5.32 Å². The second-order valence-electron chi connectivity index (χ2n) is 8.30. The van der Waals surface area contributed by atoms with Gasteiger partial charge in [-0.2, -0.15) is 4.31 Å². The number of piperidine rings is 1. The van der Waals surface area contributed by atoms with Gasteiger partial charge < -0.3 is 5.32 Å². The van der Waals surface area contributed by atoms with Crippen molar-refractivity contribution in [3.8, 4) is 11.1 Å². The highest BCUT2D eigenvalue weighted by atomic mass is 35.5. The molecule has 1 saturated heterocycles. The van der Waals surface area contributed by atoms with E-state index in [4.69, 9.17) is 11.6 Å². The van der Waals surface area contributed by atoms with Crippen molar-refractivity contribution >= 4 is 37.4 Å². The molecule has 0 bridgehead atoms. The molecule has 0 radical (unpaired) electrons. The van der Waals surface area contributed by atoms with E-state index < -0.39 is 37.5 Å². The second-order valence-corrected chi connectivity index (χ2v) is 12.6. The first-order valence-electron chi connectivity index (χ1n) is 10.6. The number of halogens is 2. The van der Waals surface area contributed by atoms with E-state index in [0.717, 1.165) is 11.7 Å². The number of amides is 1. The lowest BCUT2D eigenvalue weighted by Crippen LogP contribution is -2.53. The highest BCUT2D eigenvalue weighted by molar-refractivity contribution is 7.93. The molecule has 0 unspecified atom stereocenters. The minimum absolute atomic E-state index is 0.0541. The van der Waals surface area contributed by atoms with Crippen molar-refractivity contribution < 1.29 is 26.0 Å². The minimum Gasteiger partial charge on any atom is -0.347 e. The Balaban J connectivity index is 1.76. The molecule has 11 heteroatoms. The number of hydrogen-bond donors (Lipinski definition) is 1. The first-order valence-corrected chi connectivity index (χ1v) is 14.3. The van der Waals surface area contributed by atoms with Crippen molar-refractivity contribution in [2.75, 3.05) is 19.3 Å². The van der Waals surface area contributed by atoms with E-state index in [9.17, 15) is 21.6 Å². The van der Waals surface area contributed by atoms with E-state index in [1.54, 1.807) is 30.3 Å². The van der Waals surface area contributed by atoms with Crippen LogP contribution in [0.2, 0.25) is 5.02 Å². The Bertz CT molecular complexity index is 1290. The largest absolute Gasteiger partial charge is 0.347 e. The highest BCUT2D eigenvalue weighted by Gasteiger charge is 2.44. The van der Waals surface area contributed by atoms with E-state index >= 15 is 4.39 Å². The summed E-state index contributed by atoms with van der Waals surface area (Å²) in [6, 6.07) is 12.7. The molecule has 3 rings (SSSR count). The van der Waals surface area contributed by atoms with Crippen LogP contribution in [0.25, 0.3) is 11.1 Å². The zero-order valence-corrected chi connectivity index (χ0v) is 21.1. The van der Waals surface area contributed by atoms with Crippen molar-refractivity contribution in [1.29, 1.82) is 0 Å². The average molecular weight is 529 g/mol. The molecule has 1 aliphatic rings. The molecule has 0 aromatic heterocycles. The summed E-state index contributed by atoms with van der Waals surface area (Å²) in [5, 5.41) is 3.76. The van der Waals surface area contributed by atoms with Crippen molar-refractivity contribution in [3.05, 3.63) is 65.0 Å². The Morgan fingerprint density at radius 1 is 1.12 bits per heavy atom. The van der Waals surface area contributed by atoms with Crippen LogP contribution in [-0.2, 0) is 24.7 Å². The fourth-order valence-electron chi connectivity index (χ4n) is 3.66. The molecule has 1 N–H and O–H groups in total. The molecule has 2 aromatic carbocycles. The van der Waals surface area contributed by atoms with E-state index in [-0.39, 0.29) is 30.8 Å². The number of carbonyl (C=O) groups excluding carboxylic acids is 1. The Hall–Kier alpha value is -2.27. The third-order valence-corrected chi connectivity index (χ3v) is 8.38. The van der Waals surface area contributed by atoms with Gasteiger partial charge in [-0.25, -0.2) is 21.2 Å². The molecular formula is C23H26ClFN2O5S2. The number of alkyl halides is 1. The molecule has 0 aliphatic carbocycles. The number of hydrogen-bond acceptors (Lipinski definition) is 5. The first kappa shape index (κ1) is 26.3. The molecule has 0 spiro atoms. The van der Waals surface area contributed by atoms with E-state index in [0.29, 0.717) is 16.1 Å². The molecule has 0 saturated carbocycles. The smallest absolute Gasteiger partial charge is 0.258 e.